The molecule has 0 aliphatic carbocycles. The summed E-state index contributed by atoms with van der Waals surface area (Å²) in [4.78, 5) is 23.8. The summed E-state index contributed by atoms with van der Waals surface area (Å²) in [6.45, 7) is 8.43. The lowest BCUT2D eigenvalue weighted by Gasteiger charge is -2.13. The molecule has 0 aliphatic heterocycles. The van der Waals surface area contributed by atoms with Crippen LogP contribution in [0.15, 0.2) is 29.3 Å². The summed E-state index contributed by atoms with van der Waals surface area (Å²) in [5, 5.41) is 4.60. The fraction of sp³-hybridized carbons (Fsp3) is 0.350. The maximum Gasteiger partial charge on any atom is 0.233 e. The smallest absolute Gasteiger partial charge is 0.233 e. The van der Waals surface area contributed by atoms with Crippen molar-refractivity contribution in [1.82, 2.24) is 15.3 Å². The summed E-state index contributed by atoms with van der Waals surface area (Å²) in [5.41, 5.74) is 2.18. The van der Waals surface area contributed by atoms with Crippen LogP contribution in [0.4, 0.5) is 4.39 Å². The fourth-order valence-electron chi connectivity index (χ4n) is 2.75. The monoisotopic (exact) mass is 403 g/mol. The number of fused-ring (bicyclic) bond motifs is 1. The van der Waals surface area contributed by atoms with E-state index in [-0.39, 0.29) is 17.0 Å². The number of nitrogens with one attached hydrogen (secondary N) is 1. The Hall–Kier alpha value is -1.99. The summed E-state index contributed by atoms with van der Waals surface area (Å²) in [5.74, 6) is 0.435. The summed E-state index contributed by atoms with van der Waals surface area (Å²) >= 11 is 3.13. The largest absolute Gasteiger partial charge is 0.355 e. The molecular formula is C20H22FN3OS2. The quantitative estimate of drug-likeness (QED) is 0.483. The van der Waals surface area contributed by atoms with Crippen LogP contribution in [-0.2, 0) is 11.2 Å². The number of thiophene rings is 1. The topological polar surface area (TPSA) is 54.9 Å². The lowest BCUT2D eigenvalue weighted by molar-refractivity contribution is -0.120. The third-order valence-electron chi connectivity index (χ3n) is 4.39. The van der Waals surface area contributed by atoms with Crippen molar-refractivity contribution in [2.24, 2.45) is 0 Å². The SMILES string of the molecule is Cc1nc(S[C@H](C)C(=O)NCCc2ccc(F)cc2)c2c(C)c(C)sc2n1. The number of aromatic nitrogens is 2. The average Bonchev–Trinajstić information content (AvgIpc) is 2.90. The molecule has 2 heterocycles. The molecule has 0 saturated heterocycles. The number of hydrogen-bond donors (Lipinski definition) is 1. The molecule has 7 heteroatoms. The number of aryl methyl sites for hydroxylation is 3. The Labute approximate surface area is 166 Å². The second-order valence-corrected chi connectivity index (χ2v) is 9.00. The molecule has 0 aliphatic rings. The number of thioether (sulfide) groups is 1. The van der Waals surface area contributed by atoms with Gasteiger partial charge in [-0.15, -0.1) is 11.3 Å². The van der Waals surface area contributed by atoms with Crippen LogP contribution < -0.4 is 5.32 Å². The minimum atomic E-state index is -0.268. The maximum atomic E-state index is 12.9. The first kappa shape index (κ1) is 19.8. The molecule has 3 rings (SSSR count). The fourth-order valence-corrected chi connectivity index (χ4v) is 4.96. The molecule has 3 aromatic rings. The van der Waals surface area contributed by atoms with E-state index in [1.165, 1.54) is 34.3 Å². The summed E-state index contributed by atoms with van der Waals surface area (Å²) in [6, 6.07) is 6.34. The van der Waals surface area contributed by atoms with E-state index in [2.05, 4.69) is 29.1 Å². The Bertz CT molecular complexity index is 970. The van der Waals surface area contributed by atoms with E-state index in [9.17, 15) is 9.18 Å². The van der Waals surface area contributed by atoms with Crippen molar-refractivity contribution >= 4 is 39.2 Å². The summed E-state index contributed by atoms with van der Waals surface area (Å²) < 4.78 is 12.9. The molecule has 1 atom stereocenters. The third-order valence-corrected chi connectivity index (χ3v) is 6.58. The first-order valence-electron chi connectivity index (χ1n) is 8.78. The number of halogens is 1. The molecule has 4 nitrogen and oxygen atoms in total. The maximum absolute atomic E-state index is 12.9. The number of carbonyl (C=O) groups excluding carboxylic acids is 1. The van der Waals surface area contributed by atoms with Gasteiger partial charge in [-0.2, -0.15) is 0 Å². The number of nitrogens with zero attached hydrogens (tertiary/aromatic N) is 2. The van der Waals surface area contributed by atoms with Gasteiger partial charge in [0.2, 0.25) is 5.91 Å². The van der Waals surface area contributed by atoms with Gasteiger partial charge in [0.1, 0.15) is 21.5 Å². The van der Waals surface area contributed by atoms with Gasteiger partial charge in [0.25, 0.3) is 0 Å². The van der Waals surface area contributed by atoms with Crippen molar-refractivity contribution in [1.29, 1.82) is 0 Å². The Morgan fingerprint density at radius 1 is 1.22 bits per heavy atom. The Morgan fingerprint density at radius 2 is 1.93 bits per heavy atom. The molecule has 27 heavy (non-hydrogen) atoms. The van der Waals surface area contributed by atoms with Gasteiger partial charge < -0.3 is 5.32 Å². The predicted molar refractivity (Wildman–Crippen MR) is 110 cm³/mol. The molecule has 2 aromatic heterocycles. The molecule has 0 unspecified atom stereocenters. The van der Waals surface area contributed by atoms with Crippen LogP contribution in [0.1, 0.15) is 28.8 Å². The zero-order valence-electron chi connectivity index (χ0n) is 15.8. The molecule has 1 N–H and O–H groups in total. The molecule has 1 aromatic carbocycles. The molecule has 0 radical (unpaired) electrons. The molecule has 142 valence electrons. The van der Waals surface area contributed by atoms with Gasteiger partial charge >= 0.3 is 0 Å². The van der Waals surface area contributed by atoms with Crippen LogP contribution >= 0.6 is 23.1 Å². The average molecular weight is 404 g/mol. The lowest BCUT2D eigenvalue weighted by atomic mass is 10.1. The van der Waals surface area contributed by atoms with Gasteiger partial charge in [-0.05, 0) is 57.4 Å². The van der Waals surface area contributed by atoms with Crippen LogP contribution in [0.2, 0.25) is 0 Å². The highest BCUT2D eigenvalue weighted by Gasteiger charge is 2.20. The van der Waals surface area contributed by atoms with Gasteiger partial charge in [-0.1, -0.05) is 23.9 Å². The Morgan fingerprint density at radius 3 is 2.63 bits per heavy atom. The molecular weight excluding hydrogens is 381 g/mol. The van der Waals surface area contributed by atoms with Crippen LogP contribution in [0.25, 0.3) is 10.2 Å². The van der Waals surface area contributed by atoms with E-state index in [1.807, 2.05) is 13.8 Å². The van der Waals surface area contributed by atoms with E-state index in [0.717, 1.165) is 26.6 Å². The molecule has 1 amide bonds. The normalized spacial score (nSPS) is 12.3. The molecule has 0 fully saturated rings. The number of benzene rings is 1. The minimum absolute atomic E-state index is 0.0314. The van der Waals surface area contributed by atoms with Crippen molar-refractivity contribution in [3.05, 3.63) is 51.9 Å². The van der Waals surface area contributed by atoms with Crippen molar-refractivity contribution in [3.63, 3.8) is 0 Å². The molecule has 0 saturated carbocycles. The van der Waals surface area contributed by atoms with Crippen molar-refractivity contribution < 1.29 is 9.18 Å². The zero-order chi connectivity index (χ0) is 19.6. The van der Waals surface area contributed by atoms with E-state index >= 15 is 0 Å². The number of amides is 1. The van der Waals surface area contributed by atoms with Crippen molar-refractivity contribution in [2.45, 2.75) is 44.4 Å². The predicted octanol–water partition coefficient (Wildman–Crippen LogP) is 4.60. The number of rotatable bonds is 6. The highest BCUT2D eigenvalue weighted by molar-refractivity contribution is 8.00. The minimum Gasteiger partial charge on any atom is -0.355 e. The lowest BCUT2D eigenvalue weighted by Crippen LogP contribution is -2.32. The van der Waals surface area contributed by atoms with E-state index in [4.69, 9.17) is 0 Å². The zero-order valence-corrected chi connectivity index (χ0v) is 17.4. The summed E-state index contributed by atoms with van der Waals surface area (Å²) in [6.07, 6.45) is 0.670. The Balaban J connectivity index is 1.64. The Kier molecular flexibility index (Phi) is 6.11. The summed E-state index contributed by atoms with van der Waals surface area (Å²) in [7, 11) is 0. The van der Waals surface area contributed by atoms with Gasteiger partial charge in [0.15, 0.2) is 0 Å². The second-order valence-electron chi connectivity index (χ2n) is 6.47. The van der Waals surface area contributed by atoms with Crippen LogP contribution in [0.3, 0.4) is 0 Å². The standard InChI is InChI=1S/C20H22FN3OS2/c1-11-12(2)26-19-17(11)20(24-14(4)23-19)27-13(3)18(25)22-10-9-15-5-7-16(21)8-6-15/h5-8,13H,9-10H2,1-4H3,(H,22,25)/t13-/m1/s1. The third kappa shape index (κ3) is 4.65. The van der Waals surface area contributed by atoms with Crippen LogP contribution in [0.5, 0.6) is 0 Å². The number of hydrogen-bond acceptors (Lipinski definition) is 5. The highest BCUT2D eigenvalue weighted by atomic mass is 32.2. The molecule has 0 bridgehead atoms. The number of carbonyl (C=O) groups is 1. The first-order chi connectivity index (χ1) is 12.8. The van der Waals surface area contributed by atoms with E-state index < -0.39 is 0 Å². The van der Waals surface area contributed by atoms with Crippen LogP contribution in [-0.4, -0.2) is 27.7 Å². The van der Waals surface area contributed by atoms with Gasteiger partial charge in [-0.3, -0.25) is 4.79 Å². The van der Waals surface area contributed by atoms with Crippen molar-refractivity contribution in [2.75, 3.05) is 6.54 Å². The van der Waals surface area contributed by atoms with Crippen LogP contribution in [0, 0.1) is 26.6 Å². The van der Waals surface area contributed by atoms with Gasteiger partial charge in [0.05, 0.1) is 5.25 Å². The molecule has 0 spiro atoms. The van der Waals surface area contributed by atoms with Gasteiger partial charge in [0, 0.05) is 16.8 Å². The highest BCUT2D eigenvalue weighted by Crippen LogP contribution is 2.36. The second kappa shape index (κ2) is 8.35. The van der Waals surface area contributed by atoms with Crippen molar-refractivity contribution in [3.8, 4) is 0 Å². The van der Waals surface area contributed by atoms with Gasteiger partial charge in [-0.25, -0.2) is 14.4 Å². The van der Waals surface area contributed by atoms with E-state index in [0.29, 0.717) is 13.0 Å². The van der Waals surface area contributed by atoms with E-state index in [1.54, 1.807) is 23.5 Å². The first-order valence-corrected chi connectivity index (χ1v) is 10.5.